The highest BCUT2D eigenvalue weighted by Crippen LogP contribution is 2.33. The van der Waals surface area contributed by atoms with E-state index < -0.39 is 0 Å². The molecule has 0 bridgehead atoms. The molecule has 0 aromatic carbocycles. The van der Waals surface area contributed by atoms with Crippen molar-refractivity contribution in [3.05, 3.63) is 0 Å². The first kappa shape index (κ1) is 13.3. The average Bonchev–Trinajstić information content (AvgIpc) is 2.57. The average molecular weight is 240 g/mol. The fourth-order valence-corrected chi connectivity index (χ4v) is 3.19. The van der Waals surface area contributed by atoms with Crippen LogP contribution < -0.4 is 5.32 Å². The number of nitrogens with zero attached hydrogens (tertiary/aromatic N) is 1. The van der Waals surface area contributed by atoms with Crippen molar-refractivity contribution < 1.29 is 4.74 Å². The minimum atomic E-state index is 0.250. The van der Waals surface area contributed by atoms with Crippen LogP contribution in [0.2, 0.25) is 0 Å². The van der Waals surface area contributed by atoms with Crippen LogP contribution in [-0.4, -0.2) is 49.3 Å². The van der Waals surface area contributed by atoms with Crippen molar-refractivity contribution in [1.82, 2.24) is 10.2 Å². The Bertz CT molecular complexity index is 247. The molecule has 17 heavy (non-hydrogen) atoms. The van der Waals surface area contributed by atoms with Gasteiger partial charge in [-0.05, 0) is 45.2 Å². The van der Waals surface area contributed by atoms with Gasteiger partial charge in [-0.3, -0.25) is 4.90 Å². The second kappa shape index (κ2) is 5.25. The van der Waals surface area contributed by atoms with Gasteiger partial charge in [0.25, 0.3) is 0 Å². The second-order valence-electron chi connectivity index (χ2n) is 6.39. The summed E-state index contributed by atoms with van der Waals surface area (Å²) in [6, 6.07) is 0. The SMILES string of the molecule is CC1CNCC(C)CN(C2(C)CCOC2C)C1. The van der Waals surface area contributed by atoms with Gasteiger partial charge in [-0.15, -0.1) is 0 Å². The van der Waals surface area contributed by atoms with Gasteiger partial charge in [0.1, 0.15) is 0 Å². The molecule has 1 N–H and O–H groups in total. The second-order valence-corrected chi connectivity index (χ2v) is 6.39. The molecule has 2 fully saturated rings. The van der Waals surface area contributed by atoms with Gasteiger partial charge in [0.15, 0.2) is 0 Å². The van der Waals surface area contributed by atoms with Crippen LogP contribution in [0.5, 0.6) is 0 Å². The molecule has 2 saturated heterocycles. The predicted molar refractivity (Wildman–Crippen MR) is 71.2 cm³/mol. The van der Waals surface area contributed by atoms with E-state index in [1.54, 1.807) is 0 Å². The van der Waals surface area contributed by atoms with Gasteiger partial charge in [0.05, 0.1) is 6.10 Å². The fourth-order valence-electron chi connectivity index (χ4n) is 3.19. The molecule has 4 unspecified atom stereocenters. The molecule has 0 aromatic rings. The molecule has 3 nitrogen and oxygen atoms in total. The van der Waals surface area contributed by atoms with Crippen molar-refractivity contribution in [2.45, 2.75) is 45.8 Å². The highest BCUT2D eigenvalue weighted by atomic mass is 16.5. The normalized spacial score (nSPS) is 45.5. The Balaban J connectivity index is 2.09. The minimum absolute atomic E-state index is 0.250. The Morgan fingerprint density at radius 1 is 1.12 bits per heavy atom. The monoisotopic (exact) mass is 240 g/mol. The van der Waals surface area contributed by atoms with E-state index in [4.69, 9.17) is 4.74 Å². The van der Waals surface area contributed by atoms with E-state index >= 15 is 0 Å². The summed E-state index contributed by atoms with van der Waals surface area (Å²) in [6.07, 6.45) is 1.55. The first-order chi connectivity index (χ1) is 8.02. The summed E-state index contributed by atoms with van der Waals surface area (Å²) in [7, 11) is 0. The van der Waals surface area contributed by atoms with E-state index in [2.05, 4.69) is 37.9 Å². The van der Waals surface area contributed by atoms with Crippen molar-refractivity contribution in [3.63, 3.8) is 0 Å². The zero-order valence-electron chi connectivity index (χ0n) is 11.8. The molecule has 2 aliphatic heterocycles. The molecule has 0 radical (unpaired) electrons. The van der Waals surface area contributed by atoms with E-state index in [1.807, 2.05) is 0 Å². The third-order valence-corrected chi connectivity index (χ3v) is 4.62. The predicted octanol–water partition coefficient (Wildman–Crippen LogP) is 1.73. The van der Waals surface area contributed by atoms with Crippen molar-refractivity contribution >= 4 is 0 Å². The summed E-state index contributed by atoms with van der Waals surface area (Å²) in [5, 5.41) is 3.56. The summed E-state index contributed by atoms with van der Waals surface area (Å²) >= 11 is 0. The molecular formula is C14H28N2O. The third-order valence-electron chi connectivity index (χ3n) is 4.62. The molecule has 0 aromatic heterocycles. The lowest BCUT2D eigenvalue weighted by Gasteiger charge is -2.44. The Kier molecular flexibility index (Phi) is 4.11. The van der Waals surface area contributed by atoms with E-state index in [-0.39, 0.29) is 5.54 Å². The standard InChI is InChI=1S/C14H28N2O/c1-11-7-15-8-12(2)10-16(9-11)14(4)5-6-17-13(14)3/h11-13,15H,5-10H2,1-4H3. The van der Waals surface area contributed by atoms with Crippen molar-refractivity contribution in [2.24, 2.45) is 11.8 Å². The molecule has 4 atom stereocenters. The molecule has 0 saturated carbocycles. The van der Waals surface area contributed by atoms with Crippen LogP contribution in [0.4, 0.5) is 0 Å². The Labute approximate surface area is 106 Å². The molecule has 0 spiro atoms. The summed E-state index contributed by atoms with van der Waals surface area (Å²) in [4.78, 5) is 2.70. The molecule has 2 aliphatic rings. The van der Waals surface area contributed by atoms with Crippen molar-refractivity contribution in [1.29, 1.82) is 0 Å². The van der Waals surface area contributed by atoms with Gasteiger partial charge >= 0.3 is 0 Å². The van der Waals surface area contributed by atoms with Crippen molar-refractivity contribution in [2.75, 3.05) is 32.8 Å². The van der Waals surface area contributed by atoms with Crippen molar-refractivity contribution in [3.8, 4) is 0 Å². The summed E-state index contributed by atoms with van der Waals surface area (Å²) < 4.78 is 5.81. The van der Waals surface area contributed by atoms with E-state index in [0.717, 1.165) is 31.5 Å². The van der Waals surface area contributed by atoms with E-state index in [1.165, 1.54) is 19.5 Å². The zero-order chi connectivity index (χ0) is 12.5. The van der Waals surface area contributed by atoms with Gasteiger partial charge in [0.2, 0.25) is 0 Å². The number of hydrogen-bond acceptors (Lipinski definition) is 3. The van der Waals surface area contributed by atoms with Crippen LogP contribution in [0.1, 0.15) is 34.1 Å². The highest BCUT2D eigenvalue weighted by Gasteiger charge is 2.42. The minimum Gasteiger partial charge on any atom is -0.377 e. The van der Waals surface area contributed by atoms with E-state index in [0.29, 0.717) is 6.10 Å². The first-order valence-electron chi connectivity index (χ1n) is 7.09. The molecule has 2 rings (SSSR count). The fraction of sp³-hybridized carbons (Fsp3) is 1.00. The maximum Gasteiger partial charge on any atom is 0.0728 e. The van der Waals surface area contributed by atoms with Gasteiger partial charge < -0.3 is 10.1 Å². The van der Waals surface area contributed by atoms with Gasteiger partial charge in [-0.1, -0.05) is 13.8 Å². The summed E-state index contributed by atoms with van der Waals surface area (Å²) in [6.45, 7) is 14.9. The molecule has 3 heteroatoms. The quantitative estimate of drug-likeness (QED) is 0.755. The van der Waals surface area contributed by atoms with Crippen LogP contribution in [0.3, 0.4) is 0 Å². The smallest absolute Gasteiger partial charge is 0.0728 e. The highest BCUT2D eigenvalue weighted by molar-refractivity contribution is 4.97. The Morgan fingerprint density at radius 3 is 2.18 bits per heavy atom. The molecule has 100 valence electrons. The number of rotatable bonds is 1. The first-order valence-corrected chi connectivity index (χ1v) is 7.09. The number of hydrogen-bond donors (Lipinski definition) is 1. The zero-order valence-corrected chi connectivity index (χ0v) is 11.8. The number of ether oxygens (including phenoxy) is 1. The molecule has 0 aliphatic carbocycles. The van der Waals surface area contributed by atoms with Crippen LogP contribution in [-0.2, 0) is 4.74 Å². The molecule has 2 heterocycles. The Hall–Kier alpha value is -0.120. The lowest BCUT2D eigenvalue weighted by Crippen LogP contribution is -2.56. The van der Waals surface area contributed by atoms with Crippen LogP contribution in [0.15, 0.2) is 0 Å². The Morgan fingerprint density at radius 2 is 1.71 bits per heavy atom. The van der Waals surface area contributed by atoms with Crippen LogP contribution in [0.25, 0.3) is 0 Å². The summed E-state index contributed by atoms with van der Waals surface area (Å²) in [5.41, 5.74) is 0.250. The summed E-state index contributed by atoms with van der Waals surface area (Å²) in [5.74, 6) is 1.46. The van der Waals surface area contributed by atoms with E-state index in [9.17, 15) is 0 Å². The third kappa shape index (κ3) is 2.83. The van der Waals surface area contributed by atoms with Crippen LogP contribution >= 0.6 is 0 Å². The molecular weight excluding hydrogens is 212 g/mol. The maximum absolute atomic E-state index is 5.81. The number of nitrogens with one attached hydrogen (secondary N) is 1. The topological polar surface area (TPSA) is 24.5 Å². The van der Waals surface area contributed by atoms with Crippen LogP contribution in [0, 0.1) is 11.8 Å². The van der Waals surface area contributed by atoms with Gasteiger partial charge in [-0.2, -0.15) is 0 Å². The molecule has 0 amide bonds. The maximum atomic E-state index is 5.81. The largest absolute Gasteiger partial charge is 0.377 e. The lowest BCUT2D eigenvalue weighted by atomic mass is 9.89. The van der Waals surface area contributed by atoms with Gasteiger partial charge in [-0.25, -0.2) is 0 Å². The van der Waals surface area contributed by atoms with Gasteiger partial charge in [0, 0.05) is 25.2 Å². The lowest BCUT2D eigenvalue weighted by molar-refractivity contribution is 0.00212.